The van der Waals surface area contributed by atoms with Crippen molar-refractivity contribution in [3.63, 3.8) is 0 Å². The van der Waals surface area contributed by atoms with Crippen LogP contribution in [-0.2, 0) is 0 Å². The Morgan fingerprint density at radius 3 is 2.27 bits per heavy atom. The molecular formula is C20H15N3O3. The summed E-state index contributed by atoms with van der Waals surface area (Å²) in [5, 5.41) is 23.8. The number of aromatic carboxylic acids is 1. The molecule has 3 N–H and O–H groups in total. The lowest BCUT2D eigenvalue weighted by Gasteiger charge is -2.04. The first-order valence-corrected chi connectivity index (χ1v) is 7.99. The van der Waals surface area contributed by atoms with Gasteiger partial charge in [-0.15, -0.1) is 0 Å². The van der Waals surface area contributed by atoms with Crippen molar-refractivity contribution in [1.29, 1.82) is 0 Å². The van der Waals surface area contributed by atoms with Gasteiger partial charge in [0.2, 0.25) is 0 Å². The van der Waals surface area contributed by atoms with Crippen LogP contribution in [0.5, 0.6) is 0 Å². The molecule has 4 aromatic rings. The topological polar surface area (TPSA) is 87.4 Å². The van der Waals surface area contributed by atoms with Crippen molar-refractivity contribution in [2.45, 2.75) is 0 Å². The molecule has 0 unspecified atom stereocenters. The lowest BCUT2D eigenvalue weighted by molar-refractivity contribution is 0.0697. The van der Waals surface area contributed by atoms with Gasteiger partial charge < -0.3 is 5.11 Å². The molecule has 0 bridgehead atoms. The molecule has 0 fully saturated rings. The minimum atomic E-state index is -0.958. The average molecular weight is 345 g/mol. The highest BCUT2D eigenvalue weighted by Gasteiger charge is 2.13. The number of para-hydroxylation sites is 1. The molecule has 3 aromatic carbocycles. The first kappa shape index (κ1) is 15.9. The van der Waals surface area contributed by atoms with Gasteiger partial charge in [0.05, 0.1) is 22.5 Å². The highest BCUT2D eigenvalue weighted by molar-refractivity contribution is 5.94. The van der Waals surface area contributed by atoms with E-state index in [1.54, 1.807) is 41.1 Å². The SMILES string of the molecule is O=C(O)c1ccc(-n2nc(-c3ccc(NO)cc3)c3ccccc32)cc1. The summed E-state index contributed by atoms with van der Waals surface area (Å²) in [5.74, 6) is -0.958. The fraction of sp³-hybridized carbons (Fsp3) is 0. The first-order valence-electron chi connectivity index (χ1n) is 7.99. The van der Waals surface area contributed by atoms with Gasteiger partial charge in [-0.3, -0.25) is 10.7 Å². The molecule has 4 rings (SSSR count). The Morgan fingerprint density at radius 1 is 0.923 bits per heavy atom. The van der Waals surface area contributed by atoms with Crippen LogP contribution in [0.25, 0.3) is 27.8 Å². The zero-order chi connectivity index (χ0) is 18.1. The number of carboxylic acids is 1. The zero-order valence-corrected chi connectivity index (χ0v) is 13.6. The van der Waals surface area contributed by atoms with Crippen molar-refractivity contribution in [2.75, 3.05) is 5.48 Å². The lowest BCUT2D eigenvalue weighted by atomic mass is 10.1. The van der Waals surface area contributed by atoms with Gasteiger partial charge >= 0.3 is 5.97 Å². The number of anilines is 1. The van der Waals surface area contributed by atoms with Crippen LogP contribution < -0.4 is 5.48 Å². The van der Waals surface area contributed by atoms with Gasteiger partial charge in [0, 0.05) is 10.9 Å². The largest absolute Gasteiger partial charge is 0.478 e. The van der Waals surface area contributed by atoms with E-state index in [4.69, 9.17) is 15.4 Å². The molecule has 0 aliphatic heterocycles. The molecule has 0 spiro atoms. The summed E-state index contributed by atoms with van der Waals surface area (Å²) in [6.45, 7) is 0. The van der Waals surface area contributed by atoms with Crippen LogP contribution in [0.4, 0.5) is 5.69 Å². The Labute approximate surface area is 148 Å². The van der Waals surface area contributed by atoms with Crippen molar-refractivity contribution in [3.8, 4) is 16.9 Å². The number of benzene rings is 3. The van der Waals surface area contributed by atoms with Crippen LogP contribution in [0.1, 0.15) is 10.4 Å². The summed E-state index contributed by atoms with van der Waals surface area (Å²) in [4.78, 5) is 11.1. The number of fused-ring (bicyclic) bond motifs is 1. The monoisotopic (exact) mass is 345 g/mol. The van der Waals surface area contributed by atoms with E-state index in [0.717, 1.165) is 27.8 Å². The van der Waals surface area contributed by atoms with Gasteiger partial charge in [0.15, 0.2) is 0 Å². The van der Waals surface area contributed by atoms with Gasteiger partial charge in [0.1, 0.15) is 5.69 Å². The number of aromatic nitrogens is 2. The minimum absolute atomic E-state index is 0.234. The van der Waals surface area contributed by atoms with E-state index in [9.17, 15) is 4.79 Å². The lowest BCUT2D eigenvalue weighted by Crippen LogP contribution is -1.99. The van der Waals surface area contributed by atoms with E-state index in [2.05, 4.69) is 5.48 Å². The number of nitrogens with one attached hydrogen (secondary N) is 1. The Hall–Kier alpha value is -3.64. The smallest absolute Gasteiger partial charge is 0.335 e. The van der Waals surface area contributed by atoms with E-state index in [0.29, 0.717) is 5.69 Å². The standard InChI is InChI=1S/C20H15N3O3/c24-20(25)14-7-11-16(12-8-14)23-18-4-2-1-3-17(18)19(21-23)13-5-9-15(22-26)10-6-13/h1-12,22,26H,(H,24,25). The van der Waals surface area contributed by atoms with E-state index in [1.807, 2.05) is 36.4 Å². The Kier molecular flexibility index (Phi) is 3.87. The molecule has 1 heterocycles. The predicted octanol–water partition coefficient (Wildman–Crippen LogP) is 4.19. The van der Waals surface area contributed by atoms with Crippen LogP contribution in [0, 0.1) is 0 Å². The minimum Gasteiger partial charge on any atom is -0.478 e. The summed E-state index contributed by atoms with van der Waals surface area (Å²) in [6.07, 6.45) is 0. The van der Waals surface area contributed by atoms with Gasteiger partial charge in [0.25, 0.3) is 0 Å². The van der Waals surface area contributed by atoms with Crippen LogP contribution in [0.2, 0.25) is 0 Å². The third-order valence-corrected chi connectivity index (χ3v) is 4.23. The second-order valence-corrected chi connectivity index (χ2v) is 5.82. The zero-order valence-electron chi connectivity index (χ0n) is 13.6. The quantitative estimate of drug-likeness (QED) is 0.483. The molecule has 128 valence electrons. The second kappa shape index (κ2) is 6.34. The Bertz CT molecular complexity index is 1080. The maximum Gasteiger partial charge on any atom is 0.335 e. The highest BCUT2D eigenvalue weighted by atomic mass is 16.5. The number of carbonyl (C=O) groups is 1. The Morgan fingerprint density at radius 2 is 1.62 bits per heavy atom. The third kappa shape index (κ3) is 2.68. The summed E-state index contributed by atoms with van der Waals surface area (Å²) >= 11 is 0. The van der Waals surface area contributed by atoms with Crippen LogP contribution in [-0.4, -0.2) is 26.1 Å². The summed E-state index contributed by atoms with van der Waals surface area (Å²) in [5.41, 5.74) is 6.39. The maximum atomic E-state index is 11.1. The molecule has 0 saturated carbocycles. The molecule has 1 aromatic heterocycles. The van der Waals surface area contributed by atoms with Crippen molar-refractivity contribution < 1.29 is 15.1 Å². The highest BCUT2D eigenvalue weighted by Crippen LogP contribution is 2.30. The first-order chi connectivity index (χ1) is 12.7. The third-order valence-electron chi connectivity index (χ3n) is 4.23. The number of rotatable bonds is 4. The molecule has 0 amide bonds. The summed E-state index contributed by atoms with van der Waals surface area (Å²) in [7, 11) is 0. The maximum absolute atomic E-state index is 11.1. The number of hydrogen-bond donors (Lipinski definition) is 3. The van der Waals surface area contributed by atoms with Crippen molar-refractivity contribution in [2.24, 2.45) is 0 Å². The van der Waals surface area contributed by atoms with Gasteiger partial charge in [-0.05, 0) is 42.5 Å². The molecule has 0 atom stereocenters. The van der Waals surface area contributed by atoms with Crippen molar-refractivity contribution in [1.82, 2.24) is 9.78 Å². The fourth-order valence-corrected chi connectivity index (χ4v) is 2.92. The van der Waals surface area contributed by atoms with Crippen molar-refractivity contribution >= 4 is 22.6 Å². The number of carboxylic acid groups (broad SMARTS) is 1. The molecule has 6 heteroatoms. The average Bonchev–Trinajstić information content (AvgIpc) is 3.08. The molecule has 0 aliphatic rings. The predicted molar refractivity (Wildman–Crippen MR) is 98.9 cm³/mol. The van der Waals surface area contributed by atoms with Crippen molar-refractivity contribution in [3.05, 3.63) is 78.4 Å². The van der Waals surface area contributed by atoms with Crippen LogP contribution in [0.3, 0.4) is 0 Å². The summed E-state index contributed by atoms with van der Waals surface area (Å²) < 4.78 is 1.80. The van der Waals surface area contributed by atoms with Gasteiger partial charge in [-0.2, -0.15) is 5.10 Å². The van der Waals surface area contributed by atoms with E-state index in [1.165, 1.54) is 0 Å². The molecule has 0 radical (unpaired) electrons. The summed E-state index contributed by atoms with van der Waals surface area (Å²) in [6, 6.07) is 21.8. The van der Waals surface area contributed by atoms with Gasteiger partial charge in [-0.1, -0.05) is 30.3 Å². The second-order valence-electron chi connectivity index (χ2n) is 5.82. The normalized spacial score (nSPS) is 10.8. The molecular weight excluding hydrogens is 330 g/mol. The molecule has 6 nitrogen and oxygen atoms in total. The van der Waals surface area contributed by atoms with E-state index in [-0.39, 0.29) is 5.56 Å². The number of nitrogens with zero attached hydrogens (tertiary/aromatic N) is 2. The van der Waals surface area contributed by atoms with Crippen LogP contribution in [0.15, 0.2) is 72.8 Å². The molecule has 0 aliphatic carbocycles. The molecule has 26 heavy (non-hydrogen) atoms. The van der Waals surface area contributed by atoms with Gasteiger partial charge in [-0.25, -0.2) is 9.48 Å². The number of hydrogen-bond acceptors (Lipinski definition) is 4. The van der Waals surface area contributed by atoms with E-state index < -0.39 is 5.97 Å². The Balaban J connectivity index is 1.87. The fourth-order valence-electron chi connectivity index (χ4n) is 2.92. The van der Waals surface area contributed by atoms with E-state index >= 15 is 0 Å². The van der Waals surface area contributed by atoms with Crippen LogP contribution >= 0.6 is 0 Å². The molecule has 0 saturated heterocycles.